The quantitative estimate of drug-likeness (QED) is 0.229. The minimum absolute atomic E-state index is 0.000779. The Labute approximate surface area is 276 Å². The number of aliphatic hydroxyl groups is 1. The van der Waals surface area contributed by atoms with Gasteiger partial charge in [0.15, 0.2) is 5.60 Å². The summed E-state index contributed by atoms with van der Waals surface area (Å²) < 4.78 is 12.6. The summed E-state index contributed by atoms with van der Waals surface area (Å²) in [4.78, 5) is 32.4. The van der Waals surface area contributed by atoms with Gasteiger partial charge in [0.05, 0.1) is 46.0 Å². The highest BCUT2D eigenvalue weighted by Gasteiger charge is 2.66. The lowest BCUT2D eigenvalue weighted by Gasteiger charge is -2.37. The molecule has 2 amide bonds. The van der Waals surface area contributed by atoms with Crippen molar-refractivity contribution in [3.63, 3.8) is 0 Å². The first-order valence-corrected chi connectivity index (χ1v) is 20.0. The fourth-order valence-electron chi connectivity index (χ4n) is 8.23. The minimum atomic E-state index is -2.36. The predicted molar refractivity (Wildman–Crippen MR) is 187 cm³/mol. The summed E-state index contributed by atoms with van der Waals surface area (Å²) >= 11 is 0. The number of fused-ring (bicyclic) bond motifs is 2. The van der Waals surface area contributed by atoms with E-state index in [4.69, 9.17) is 9.47 Å². The van der Waals surface area contributed by atoms with Crippen molar-refractivity contribution in [2.45, 2.75) is 96.2 Å². The van der Waals surface area contributed by atoms with Crippen LogP contribution in [0.5, 0.6) is 5.75 Å². The fraction of sp³-hybridized carbons (Fsp3) is 0.526. The molecule has 0 bridgehead atoms. The number of amides is 2. The van der Waals surface area contributed by atoms with E-state index in [1.54, 1.807) is 7.11 Å². The molecule has 2 aromatic rings. The van der Waals surface area contributed by atoms with E-state index in [2.05, 4.69) is 65.1 Å². The molecule has 5 rings (SSSR count). The Hall–Kier alpha value is -3.20. The Morgan fingerprint density at radius 3 is 2.50 bits per heavy atom. The molecule has 3 aliphatic rings. The molecule has 248 valence electrons. The van der Waals surface area contributed by atoms with E-state index in [1.807, 2.05) is 46.2 Å². The number of ether oxygens (including phenoxy) is 2. The number of carbonyl (C=O) groups is 2. The molecule has 3 heterocycles. The molecule has 1 spiro atoms. The van der Waals surface area contributed by atoms with Crippen molar-refractivity contribution >= 4 is 30.8 Å². The maximum absolute atomic E-state index is 14.8. The molecule has 0 unspecified atom stereocenters. The average molecular weight is 645 g/mol. The number of carbonyl (C=O) groups excluding carboxylic acids is 2. The lowest BCUT2D eigenvalue weighted by atomic mass is 9.82. The van der Waals surface area contributed by atoms with Gasteiger partial charge in [0.1, 0.15) is 5.75 Å². The lowest BCUT2D eigenvalue weighted by Crippen LogP contribution is -2.52. The largest absolute Gasteiger partial charge is 0.497 e. The van der Waals surface area contributed by atoms with Gasteiger partial charge in [-0.15, -0.1) is 0 Å². The predicted octanol–water partition coefficient (Wildman–Crippen LogP) is 6.32. The smallest absolute Gasteiger partial charge is 0.264 e. The van der Waals surface area contributed by atoms with E-state index in [0.717, 1.165) is 42.7 Å². The normalized spacial score (nSPS) is 26.2. The van der Waals surface area contributed by atoms with Crippen molar-refractivity contribution in [3.05, 3.63) is 77.4 Å². The van der Waals surface area contributed by atoms with Crippen LogP contribution in [0.2, 0.25) is 18.6 Å². The van der Waals surface area contributed by atoms with E-state index in [1.165, 1.54) is 16.3 Å². The van der Waals surface area contributed by atoms with Crippen LogP contribution in [0.3, 0.4) is 0 Å². The van der Waals surface area contributed by atoms with Gasteiger partial charge in [0, 0.05) is 24.6 Å². The summed E-state index contributed by atoms with van der Waals surface area (Å²) in [5, 5.41) is 11.2. The first-order chi connectivity index (χ1) is 21.9. The summed E-state index contributed by atoms with van der Waals surface area (Å²) in [6, 6.07) is 16.2. The average Bonchev–Trinajstić information content (AvgIpc) is 3.70. The van der Waals surface area contributed by atoms with Gasteiger partial charge >= 0.3 is 0 Å². The number of rotatable bonds is 11. The number of allylic oxidation sites excluding steroid dienone is 3. The van der Waals surface area contributed by atoms with Crippen LogP contribution in [-0.2, 0) is 19.9 Å². The Kier molecular flexibility index (Phi) is 10.3. The first-order valence-electron chi connectivity index (χ1n) is 16.9. The molecule has 1 N–H and O–H groups in total. The van der Waals surface area contributed by atoms with Gasteiger partial charge in [-0.3, -0.25) is 9.59 Å². The Morgan fingerprint density at radius 1 is 1.11 bits per heavy atom. The second-order valence-electron chi connectivity index (χ2n) is 14.2. The van der Waals surface area contributed by atoms with Crippen LogP contribution in [0.15, 0.2) is 71.8 Å². The Balaban J connectivity index is 1.53. The Morgan fingerprint density at radius 2 is 1.83 bits per heavy atom. The van der Waals surface area contributed by atoms with Crippen LogP contribution in [0.25, 0.3) is 0 Å². The van der Waals surface area contributed by atoms with E-state index in [0.29, 0.717) is 13.1 Å². The summed E-state index contributed by atoms with van der Waals surface area (Å²) in [6.45, 7) is 14.3. The minimum Gasteiger partial charge on any atom is -0.497 e. The van der Waals surface area contributed by atoms with Gasteiger partial charge in [-0.25, -0.2) is 0 Å². The van der Waals surface area contributed by atoms with E-state index in [9.17, 15) is 14.7 Å². The lowest BCUT2D eigenvalue weighted by molar-refractivity contribution is -0.149. The molecule has 5 atom stereocenters. The van der Waals surface area contributed by atoms with Crippen molar-refractivity contribution in [3.8, 4) is 5.75 Å². The van der Waals surface area contributed by atoms with Gasteiger partial charge in [0.25, 0.3) is 5.91 Å². The van der Waals surface area contributed by atoms with E-state index in [-0.39, 0.29) is 42.3 Å². The fourth-order valence-corrected chi connectivity index (χ4v) is 12.2. The zero-order chi connectivity index (χ0) is 33.2. The molecule has 2 aromatic carbocycles. The van der Waals surface area contributed by atoms with Crippen LogP contribution in [0.1, 0.15) is 65.4 Å². The number of methoxy groups -OCH3 is 1. The molecule has 2 saturated heterocycles. The zero-order valence-corrected chi connectivity index (χ0v) is 29.7. The van der Waals surface area contributed by atoms with Gasteiger partial charge in [0.2, 0.25) is 5.91 Å². The first kappa shape index (κ1) is 34.1. The number of para-hydroxylation sites is 1. The Bertz CT molecular complexity index is 1480. The molecular weight excluding hydrogens is 593 g/mol. The SMILES string of the molecule is COc1ccc([Si](C)(C)[C@H]2[C@H](CC(=O)N3CCC[C@H]3CO)O[C@@]3(C(=O)N(C/C=C(\C)CCC=C(C)C)c4ccccc43)[C@@H]2C)cc1. The maximum Gasteiger partial charge on any atom is 0.264 e. The van der Waals surface area contributed by atoms with Crippen LogP contribution < -0.4 is 14.8 Å². The molecule has 0 aromatic heterocycles. The van der Waals surface area contributed by atoms with Crippen LogP contribution >= 0.6 is 0 Å². The molecule has 0 radical (unpaired) electrons. The number of aliphatic hydroxyl groups excluding tert-OH is 1. The number of benzene rings is 2. The monoisotopic (exact) mass is 644 g/mol. The van der Waals surface area contributed by atoms with Crippen molar-refractivity contribution in [1.29, 1.82) is 0 Å². The number of hydrogen-bond acceptors (Lipinski definition) is 5. The number of likely N-dealkylation sites (tertiary alicyclic amines) is 1. The zero-order valence-electron chi connectivity index (χ0n) is 28.7. The third-order valence-electron chi connectivity index (χ3n) is 10.7. The van der Waals surface area contributed by atoms with Crippen LogP contribution in [0, 0.1) is 5.92 Å². The highest BCUT2D eigenvalue weighted by atomic mass is 28.3. The second kappa shape index (κ2) is 13.9. The molecule has 2 fully saturated rings. The number of nitrogens with zero attached hydrogens (tertiary/aromatic N) is 2. The van der Waals surface area contributed by atoms with Gasteiger partial charge < -0.3 is 24.4 Å². The molecule has 7 nitrogen and oxygen atoms in total. The van der Waals surface area contributed by atoms with Crippen LogP contribution in [0.4, 0.5) is 5.69 Å². The van der Waals surface area contributed by atoms with Crippen molar-refractivity contribution < 1.29 is 24.2 Å². The maximum atomic E-state index is 14.8. The standard InChI is InChI=1S/C38H52N2O5Si/c1-26(2)12-10-13-27(3)21-23-40-33-16-9-8-15-32(33)38(37(40)43)28(4)36(46(6,7)31-19-17-30(44-5)18-20-31)34(45-38)24-35(42)39-22-11-14-29(39)25-41/h8-9,12,15-21,28-29,34,36,41H,10-11,13-14,22-25H2,1-7H3/b27-21+/t28-,29+,34+,36-,38+/m1/s1. The van der Waals surface area contributed by atoms with E-state index >= 15 is 0 Å². The van der Waals surface area contributed by atoms with Crippen molar-refractivity contribution in [1.82, 2.24) is 4.90 Å². The number of hydrogen-bond donors (Lipinski definition) is 1. The topological polar surface area (TPSA) is 79.3 Å². The molecule has 8 heteroatoms. The summed E-state index contributed by atoms with van der Waals surface area (Å²) in [6.07, 6.45) is 7.80. The molecule has 46 heavy (non-hydrogen) atoms. The number of anilines is 1. The van der Waals surface area contributed by atoms with Gasteiger partial charge in [-0.2, -0.15) is 0 Å². The van der Waals surface area contributed by atoms with Crippen molar-refractivity contribution in [2.75, 3.05) is 31.7 Å². The third-order valence-corrected chi connectivity index (χ3v) is 15.1. The van der Waals surface area contributed by atoms with Crippen molar-refractivity contribution in [2.24, 2.45) is 5.92 Å². The molecule has 0 aliphatic carbocycles. The summed E-state index contributed by atoms with van der Waals surface area (Å²) in [5.41, 5.74) is 3.17. The van der Waals surface area contributed by atoms with Gasteiger partial charge in [-0.1, -0.05) is 78.8 Å². The third kappa shape index (κ3) is 6.24. The van der Waals surface area contributed by atoms with Gasteiger partial charge in [-0.05, 0) is 70.2 Å². The molecule has 3 aliphatic heterocycles. The highest BCUT2D eigenvalue weighted by molar-refractivity contribution is 6.91. The summed E-state index contributed by atoms with van der Waals surface area (Å²) in [5.74, 6) is 0.600. The second-order valence-corrected chi connectivity index (χ2v) is 18.9. The summed E-state index contributed by atoms with van der Waals surface area (Å²) in [7, 11) is -0.687. The van der Waals surface area contributed by atoms with Crippen LogP contribution in [-0.4, -0.2) is 68.8 Å². The molecule has 0 saturated carbocycles. The highest BCUT2D eigenvalue weighted by Crippen LogP contribution is 2.60. The van der Waals surface area contributed by atoms with E-state index < -0.39 is 19.8 Å². The molecular formula is C38H52N2O5Si.